The fourth-order valence-electron chi connectivity index (χ4n) is 2.52. The number of nitrogens with zero attached hydrogens (tertiary/aromatic N) is 4. The van der Waals surface area contributed by atoms with Crippen LogP contribution in [0.25, 0.3) is 0 Å². The normalized spacial score (nSPS) is 17.2. The minimum absolute atomic E-state index is 0.124. The van der Waals surface area contributed by atoms with E-state index in [4.69, 9.17) is 4.74 Å². The molecule has 25 heavy (non-hydrogen) atoms. The number of pyridine rings is 1. The molecule has 1 fully saturated rings. The molecular formula is C17H19N5O3. The van der Waals surface area contributed by atoms with Crippen LogP contribution in [-0.2, 0) is 16.1 Å². The van der Waals surface area contributed by atoms with Gasteiger partial charge in [0.15, 0.2) is 5.82 Å². The number of rotatable bonds is 4. The van der Waals surface area contributed by atoms with E-state index in [9.17, 15) is 9.59 Å². The maximum Gasteiger partial charge on any atom is 0.272 e. The summed E-state index contributed by atoms with van der Waals surface area (Å²) >= 11 is 0. The molecule has 1 saturated heterocycles. The summed E-state index contributed by atoms with van der Waals surface area (Å²) in [6.45, 7) is 3.04. The summed E-state index contributed by atoms with van der Waals surface area (Å²) in [5.74, 6) is 0.242. The average Bonchev–Trinajstić information content (AvgIpc) is 2.67. The Kier molecular flexibility index (Phi) is 5.30. The van der Waals surface area contributed by atoms with Crippen molar-refractivity contribution < 1.29 is 14.3 Å². The molecule has 130 valence electrons. The van der Waals surface area contributed by atoms with Crippen molar-refractivity contribution in [2.24, 2.45) is 0 Å². The van der Waals surface area contributed by atoms with E-state index < -0.39 is 6.10 Å². The minimum Gasteiger partial charge on any atom is -0.367 e. The molecule has 0 aliphatic carbocycles. The summed E-state index contributed by atoms with van der Waals surface area (Å²) in [5.41, 5.74) is 1.10. The second kappa shape index (κ2) is 7.80. The average molecular weight is 341 g/mol. The van der Waals surface area contributed by atoms with Gasteiger partial charge in [-0.15, -0.1) is 0 Å². The highest BCUT2D eigenvalue weighted by Crippen LogP contribution is 2.20. The van der Waals surface area contributed by atoms with Crippen molar-refractivity contribution in [2.75, 3.05) is 19.7 Å². The predicted molar refractivity (Wildman–Crippen MR) is 88.4 cm³/mol. The molecule has 1 aliphatic rings. The zero-order valence-corrected chi connectivity index (χ0v) is 13.9. The number of amides is 2. The highest BCUT2D eigenvalue weighted by Gasteiger charge is 2.28. The van der Waals surface area contributed by atoms with Crippen molar-refractivity contribution in [1.82, 2.24) is 25.2 Å². The SMILES string of the molecule is CC(=O)NCc1ccnc(C2CN(C(=O)c3ccccn3)CCO2)n1. The van der Waals surface area contributed by atoms with Gasteiger partial charge in [-0.25, -0.2) is 9.97 Å². The maximum absolute atomic E-state index is 12.5. The van der Waals surface area contributed by atoms with Crippen LogP contribution in [0.4, 0.5) is 0 Å². The van der Waals surface area contributed by atoms with E-state index in [1.54, 1.807) is 41.6 Å². The first kappa shape index (κ1) is 17.0. The third-order valence-electron chi connectivity index (χ3n) is 3.78. The molecule has 0 saturated carbocycles. The summed E-state index contributed by atoms with van der Waals surface area (Å²) in [7, 11) is 0. The molecule has 0 bridgehead atoms. The summed E-state index contributed by atoms with van der Waals surface area (Å²) in [5, 5.41) is 2.70. The molecule has 3 rings (SSSR count). The second-order valence-corrected chi connectivity index (χ2v) is 5.64. The van der Waals surface area contributed by atoms with E-state index in [1.165, 1.54) is 6.92 Å². The molecule has 0 radical (unpaired) electrons. The number of carbonyl (C=O) groups excluding carboxylic acids is 2. The lowest BCUT2D eigenvalue weighted by Gasteiger charge is -2.32. The Labute approximate surface area is 145 Å². The number of morpholine rings is 1. The Morgan fingerprint density at radius 3 is 2.92 bits per heavy atom. The van der Waals surface area contributed by atoms with E-state index in [-0.39, 0.29) is 11.8 Å². The van der Waals surface area contributed by atoms with E-state index >= 15 is 0 Å². The Bertz CT molecular complexity index is 753. The highest BCUT2D eigenvalue weighted by atomic mass is 16.5. The molecule has 1 unspecified atom stereocenters. The van der Waals surface area contributed by atoms with Crippen LogP contribution in [0.2, 0.25) is 0 Å². The monoisotopic (exact) mass is 341 g/mol. The number of ether oxygens (including phenoxy) is 1. The van der Waals surface area contributed by atoms with Gasteiger partial charge in [-0.1, -0.05) is 6.07 Å². The van der Waals surface area contributed by atoms with Crippen molar-refractivity contribution in [3.8, 4) is 0 Å². The summed E-state index contributed by atoms with van der Waals surface area (Å²) in [4.78, 5) is 38.1. The predicted octanol–water partition coefficient (Wildman–Crippen LogP) is 0.721. The fourth-order valence-corrected chi connectivity index (χ4v) is 2.52. The van der Waals surface area contributed by atoms with Crippen molar-refractivity contribution >= 4 is 11.8 Å². The van der Waals surface area contributed by atoms with E-state index in [0.29, 0.717) is 43.5 Å². The number of carbonyl (C=O) groups is 2. The van der Waals surface area contributed by atoms with E-state index in [1.807, 2.05) is 0 Å². The summed E-state index contributed by atoms with van der Waals surface area (Å²) in [6.07, 6.45) is 2.82. The molecule has 3 heterocycles. The molecule has 0 aromatic carbocycles. The second-order valence-electron chi connectivity index (χ2n) is 5.64. The molecule has 1 N–H and O–H groups in total. The lowest BCUT2D eigenvalue weighted by atomic mass is 10.2. The number of aromatic nitrogens is 3. The van der Waals surface area contributed by atoms with Crippen LogP contribution in [0.5, 0.6) is 0 Å². The molecule has 1 aliphatic heterocycles. The zero-order chi connectivity index (χ0) is 17.6. The third kappa shape index (κ3) is 4.36. The van der Waals surface area contributed by atoms with Crippen molar-refractivity contribution in [2.45, 2.75) is 19.6 Å². The Hall–Kier alpha value is -2.87. The van der Waals surface area contributed by atoms with Gasteiger partial charge in [0.2, 0.25) is 5.91 Å². The minimum atomic E-state index is -0.404. The molecule has 8 heteroatoms. The quantitative estimate of drug-likeness (QED) is 0.880. The van der Waals surface area contributed by atoms with Crippen LogP contribution in [0, 0.1) is 0 Å². The van der Waals surface area contributed by atoms with Gasteiger partial charge in [0.05, 0.1) is 25.4 Å². The smallest absolute Gasteiger partial charge is 0.272 e. The van der Waals surface area contributed by atoms with E-state index in [0.717, 1.165) is 0 Å². The largest absolute Gasteiger partial charge is 0.367 e. The van der Waals surface area contributed by atoms with Gasteiger partial charge in [0.25, 0.3) is 5.91 Å². The summed E-state index contributed by atoms with van der Waals surface area (Å²) in [6, 6.07) is 6.98. The van der Waals surface area contributed by atoms with Gasteiger partial charge in [0.1, 0.15) is 11.8 Å². The molecule has 1 atom stereocenters. The van der Waals surface area contributed by atoms with Crippen molar-refractivity contribution in [3.05, 3.63) is 53.9 Å². The van der Waals surface area contributed by atoms with Gasteiger partial charge in [-0.2, -0.15) is 0 Å². The highest BCUT2D eigenvalue weighted by molar-refractivity contribution is 5.92. The van der Waals surface area contributed by atoms with Crippen molar-refractivity contribution in [1.29, 1.82) is 0 Å². The number of nitrogens with one attached hydrogen (secondary N) is 1. The zero-order valence-electron chi connectivity index (χ0n) is 13.9. The third-order valence-corrected chi connectivity index (χ3v) is 3.78. The fraction of sp³-hybridized carbons (Fsp3) is 0.353. The Morgan fingerprint density at radius 1 is 1.28 bits per heavy atom. The van der Waals surface area contributed by atoms with Crippen LogP contribution in [-0.4, -0.2) is 51.4 Å². The lowest BCUT2D eigenvalue weighted by molar-refractivity contribution is -0.119. The molecule has 2 aromatic rings. The van der Waals surface area contributed by atoms with E-state index in [2.05, 4.69) is 20.3 Å². The standard InChI is InChI=1S/C17H19N5O3/c1-12(23)20-10-13-5-7-19-16(21-13)15-11-22(8-9-25-15)17(24)14-4-2-3-6-18-14/h2-7,15H,8-11H2,1H3,(H,20,23). The van der Waals surface area contributed by atoms with Crippen LogP contribution in [0.15, 0.2) is 36.7 Å². The first-order chi connectivity index (χ1) is 12.1. The molecule has 2 amide bonds. The lowest BCUT2D eigenvalue weighted by Crippen LogP contribution is -2.43. The molecule has 8 nitrogen and oxygen atoms in total. The Morgan fingerprint density at radius 2 is 2.16 bits per heavy atom. The van der Waals surface area contributed by atoms with Gasteiger partial charge in [0, 0.05) is 25.9 Å². The summed E-state index contributed by atoms with van der Waals surface area (Å²) < 4.78 is 5.73. The van der Waals surface area contributed by atoms with Crippen LogP contribution in [0.1, 0.15) is 35.0 Å². The maximum atomic E-state index is 12.5. The van der Waals surface area contributed by atoms with Gasteiger partial charge < -0.3 is 15.0 Å². The van der Waals surface area contributed by atoms with Crippen LogP contribution >= 0.6 is 0 Å². The molecule has 2 aromatic heterocycles. The van der Waals surface area contributed by atoms with Crippen molar-refractivity contribution in [3.63, 3.8) is 0 Å². The number of hydrogen-bond acceptors (Lipinski definition) is 6. The van der Waals surface area contributed by atoms with Crippen LogP contribution in [0.3, 0.4) is 0 Å². The van der Waals surface area contributed by atoms with Gasteiger partial charge >= 0.3 is 0 Å². The first-order valence-corrected chi connectivity index (χ1v) is 8.01. The molecule has 0 spiro atoms. The van der Waals surface area contributed by atoms with Gasteiger partial charge in [-0.05, 0) is 18.2 Å². The van der Waals surface area contributed by atoms with Crippen LogP contribution < -0.4 is 5.32 Å². The first-order valence-electron chi connectivity index (χ1n) is 8.01. The molecular weight excluding hydrogens is 322 g/mol. The number of hydrogen-bond donors (Lipinski definition) is 1. The topological polar surface area (TPSA) is 97.3 Å². The van der Waals surface area contributed by atoms with Gasteiger partial charge in [-0.3, -0.25) is 14.6 Å². The Balaban J connectivity index is 1.70.